The number of nitrogens with zero attached hydrogens (tertiary/aromatic N) is 4. The van der Waals surface area contributed by atoms with Gasteiger partial charge >= 0.3 is 0 Å². The van der Waals surface area contributed by atoms with Crippen molar-refractivity contribution in [3.63, 3.8) is 0 Å². The van der Waals surface area contributed by atoms with Crippen molar-refractivity contribution in [3.05, 3.63) is 42.4 Å². The van der Waals surface area contributed by atoms with Crippen molar-refractivity contribution < 1.29 is 4.39 Å². The lowest BCUT2D eigenvalue weighted by Gasteiger charge is -2.11. The van der Waals surface area contributed by atoms with E-state index in [0.29, 0.717) is 17.2 Å². The van der Waals surface area contributed by atoms with E-state index in [2.05, 4.69) is 51.2 Å². The number of aromatic amines is 1. The summed E-state index contributed by atoms with van der Waals surface area (Å²) in [6.45, 7) is 7.08. The van der Waals surface area contributed by atoms with E-state index in [1.807, 2.05) is 0 Å². The Morgan fingerprint density at radius 1 is 1.29 bits per heavy atom. The normalized spacial score (nSPS) is 10.5. The number of aromatic nitrogens is 5. The first-order chi connectivity index (χ1) is 11.6. The Balaban J connectivity index is 2.59. The van der Waals surface area contributed by atoms with E-state index in [4.69, 9.17) is 0 Å². The van der Waals surface area contributed by atoms with Crippen LogP contribution in [0.5, 0.6) is 0 Å². The molecule has 0 aliphatic rings. The lowest BCUT2D eigenvalue weighted by atomic mass is 10.1. The van der Waals surface area contributed by atoms with Gasteiger partial charge in [-0.15, -0.1) is 0 Å². The number of H-pyrrole nitrogens is 1. The summed E-state index contributed by atoms with van der Waals surface area (Å²) in [4.78, 5) is 12.7. The van der Waals surface area contributed by atoms with Gasteiger partial charge in [0.05, 0.1) is 6.20 Å². The Kier molecular flexibility index (Phi) is 6.60. The molecule has 2 rings (SSSR count). The van der Waals surface area contributed by atoms with E-state index in [-0.39, 0.29) is 5.92 Å². The zero-order chi connectivity index (χ0) is 17.4. The molecule has 0 aliphatic carbocycles. The van der Waals surface area contributed by atoms with Gasteiger partial charge < -0.3 is 5.32 Å². The minimum Gasteiger partial charge on any atom is -0.370 e. The predicted molar refractivity (Wildman–Crippen MR) is 92.5 cm³/mol. The molecular weight excluding hydrogens is 307 g/mol. The smallest absolute Gasteiger partial charge is 0.164 e. The number of unbranched alkanes of at least 4 members (excludes halogenated alkanes) is 1. The lowest BCUT2D eigenvalue weighted by Crippen LogP contribution is -2.06. The first kappa shape index (κ1) is 17.8. The molecule has 7 heteroatoms. The highest BCUT2D eigenvalue weighted by Crippen LogP contribution is 2.22. The van der Waals surface area contributed by atoms with Crippen LogP contribution in [0.3, 0.4) is 0 Å². The van der Waals surface area contributed by atoms with Crippen LogP contribution in [0.4, 0.5) is 10.2 Å². The fourth-order valence-electron chi connectivity index (χ4n) is 2.13. The molecular formula is C17H23FN6. The molecule has 0 bridgehead atoms. The van der Waals surface area contributed by atoms with Crippen molar-refractivity contribution in [2.24, 2.45) is 0 Å². The summed E-state index contributed by atoms with van der Waals surface area (Å²) in [6, 6.07) is 1.36. The predicted octanol–water partition coefficient (Wildman–Crippen LogP) is 3.86. The molecule has 0 spiro atoms. The Morgan fingerprint density at radius 3 is 2.83 bits per heavy atom. The molecule has 24 heavy (non-hydrogen) atoms. The molecule has 2 aromatic rings. The topological polar surface area (TPSA) is 79.4 Å². The summed E-state index contributed by atoms with van der Waals surface area (Å²) < 4.78 is 13.5. The molecule has 0 unspecified atom stereocenters. The van der Waals surface area contributed by atoms with Gasteiger partial charge in [-0.05, 0) is 18.4 Å². The van der Waals surface area contributed by atoms with Crippen molar-refractivity contribution >= 4 is 5.82 Å². The summed E-state index contributed by atoms with van der Waals surface area (Å²) in [7, 11) is 0. The van der Waals surface area contributed by atoms with Gasteiger partial charge in [-0.1, -0.05) is 27.2 Å². The van der Waals surface area contributed by atoms with Crippen LogP contribution in [0.2, 0.25) is 0 Å². The maximum atomic E-state index is 13.5. The quantitative estimate of drug-likeness (QED) is 0.786. The Labute approximate surface area is 141 Å². The molecule has 0 aromatic carbocycles. The lowest BCUT2D eigenvalue weighted by molar-refractivity contribution is 0.622. The van der Waals surface area contributed by atoms with Gasteiger partial charge in [0.2, 0.25) is 0 Å². The summed E-state index contributed by atoms with van der Waals surface area (Å²) in [5.74, 6) is 0.866. The molecule has 0 atom stereocenters. The highest BCUT2D eigenvalue weighted by Gasteiger charge is 2.09. The van der Waals surface area contributed by atoms with E-state index < -0.39 is 5.82 Å². The molecule has 0 saturated carbocycles. The van der Waals surface area contributed by atoms with Gasteiger partial charge in [0.15, 0.2) is 5.82 Å². The van der Waals surface area contributed by atoms with Gasteiger partial charge in [0.1, 0.15) is 18.0 Å². The maximum Gasteiger partial charge on any atom is 0.164 e. The van der Waals surface area contributed by atoms with Gasteiger partial charge in [0, 0.05) is 30.1 Å². The number of nitrogens with one attached hydrogen (secondary N) is 2. The molecule has 128 valence electrons. The third-order valence-corrected chi connectivity index (χ3v) is 3.43. The van der Waals surface area contributed by atoms with Crippen LogP contribution in [0.15, 0.2) is 31.0 Å². The van der Waals surface area contributed by atoms with Crippen LogP contribution in [-0.4, -0.2) is 31.7 Å². The van der Waals surface area contributed by atoms with Crippen molar-refractivity contribution in [2.45, 2.75) is 39.5 Å². The van der Waals surface area contributed by atoms with E-state index in [1.165, 1.54) is 18.6 Å². The first-order valence-corrected chi connectivity index (χ1v) is 8.10. The highest BCUT2D eigenvalue weighted by molar-refractivity contribution is 5.56. The SMILES string of the molecule is CCCCNc1nc(-c2cncc(F)c2)ncn[nH]cc1C(C)C. The minimum atomic E-state index is -0.430. The fourth-order valence-corrected chi connectivity index (χ4v) is 2.13. The third-order valence-electron chi connectivity index (χ3n) is 3.43. The second-order valence-electron chi connectivity index (χ2n) is 5.71. The van der Waals surface area contributed by atoms with Crippen LogP contribution in [0, 0.1) is 5.82 Å². The van der Waals surface area contributed by atoms with E-state index in [1.54, 1.807) is 6.20 Å². The zero-order valence-corrected chi connectivity index (χ0v) is 14.3. The van der Waals surface area contributed by atoms with Crippen molar-refractivity contribution in [3.8, 4) is 11.4 Å². The minimum absolute atomic E-state index is 0.227. The Bertz CT molecular complexity index is 712. The van der Waals surface area contributed by atoms with Crippen molar-refractivity contribution in [1.29, 1.82) is 0 Å². The molecule has 0 fully saturated rings. The molecule has 2 aromatic heterocycles. The van der Waals surface area contributed by atoms with Crippen LogP contribution < -0.4 is 5.32 Å². The first-order valence-electron chi connectivity index (χ1n) is 8.10. The molecule has 2 N–H and O–H groups in total. The largest absolute Gasteiger partial charge is 0.370 e. The number of anilines is 1. The van der Waals surface area contributed by atoms with Gasteiger partial charge in [0.25, 0.3) is 0 Å². The summed E-state index contributed by atoms with van der Waals surface area (Å²) >= 11 is 0. The van der Waals surface area contributed by atoms with Crippen LogP contribution in [0.25, 0.3) is 11.4 Å². The molecule has 0 amide bonds. The zero-order valence-electron chi connectivity index (χ0n) is 14.3. The van der Waals surface area contributed by atoms with E-state index in [0.717, 1.165) is 31.1 Å². The fraction of sp³-hybridized carbons (Fsp3) is 0.412. The van der Waals surface area contributed by atoms with E-state index >= 15 is 0 Å². The number of rotatable bonds is 6. The number of hydrogen-bond donors (Lipinski definition) is 2. The van der Waals surface area contributed by atoms with E-state index in [9.17, 15) is 4.39 Å². The number of hydrogen-bond acceptors (Lipinski definition) is 5. The monoisotopic (exact) mass is 330 g/mol. The molecule has 0 aliphatic heterocycles. The van der Waals surface area contributed by atoms with Crippen molar-refractivity contribution in [2.75, 3.05) is 11.9 Å². The number of pyridine rings is 1. The standard InChI is InChI=1S/C17H23FN6/c1-4-5-6-20-17-15(12(2)3)10-22-23-11-21-16(24-17)13-7-14(18)9-19-8-13/h7-12,22H,4-6H2,1-3H3,(H,20,21,23,24). The average molecular weight is 330 g/mol. The summed E-state index contributed by atoms with van der Waals surface area (Å²) in [5, 5.41) is 10.2. The molecule has 6 nitrogen and oxygen atoms in total. The van der Waals surface area contributed by atoms with Gasteiger partial charge in [-0.3, -0.25) is 10.1 Å². The Morgan fingerprint density at radius 2 is 2.12 bits per heavy atom. The average Bonchev–Trinajstić information content (AvgIpc) is 2.65. The molecule has 2 heterocycles. The Hall–Kier alpha value is -2.57. The second kappa shape index (κ2) is 8.90. The van der Waals surface area contributed by atoms with Crippen LogP contribution >= 0.6 is 0 Å². The third kappa shape index (κ3) is 4.97. The second-order valence-corrected chi connectivity index (χ2v) is 5.71. The highest BCUT2D eigenvalue weighted by atomic mass is 19.1. The molecule has 0 saturated heterocycles. The van der Waals surface area contributed by atoms with Crippen molar-refractivity contribution in [1.82, 2.24) is 25.1 Å². The van der Waals surface area contributed by atoms with Crippen LogP contribution in [0.1, 0.15) is 45.1 Å². The van der Waals surface area contributed by atoms with Gasteiger partial charge in [-0.25, -0.2) is 14.4 Å². The summed E-state index contributed by atoms with van der Waals surface area (Å²) in [5.41, 5.74) is 1.48. The van der Waals surface area contributed by atoms with Crippen LogP contribution in [-0.2, 0) is 0 Å². The summed E-state index contributed by atoms with van der Waals surface area (Å²) in [6.07, 6.45) is 7.96. The molecule has 0 radical (unpaired) electrons. The number of halogens is 1. The van der Waals surface area contributed by atoms with Gasteiger partial charge in [-0.2, -0.15) is 5.10 Å². The maximum absolute atomic E-state index is 13.5.